The number of carbonyl (C=O) groups excluding carboxylic acids is 1. The number of nitrogens with zero attached hydrogens (tertiary/aromatic N) is 1. The molecule has 2 aromatic rings. The van der Waals surface area contributed by atoms with E-state index in [9.17, 15) is 17.4 Å². The summed E-state index contributed by atoms with van der Waals surface area (Å²) in [6, 6.07) is 5.93. The Labute approximate surface area is 135 Å². The molecule has 0 aliphatic heterocycles. The fraction of sp³-hybridized carbons (Fsp3) is 0.231. The predicted octanol–water partition coefficient (Wildman–Crippen LogP) is 1.62. The van der Waals surface area contributed by atoms with E-state index in [0.29, 0.717) is 15.6 Å². The molecule has 1 aromatic carbocycles. The first-order valence-electron chi connectivity index (χ1n) is 6.15. The summed E-state index contributed by atoms with van der Waals surface area (Å²) in [5, 5.41) is 0.611. The van der Waals surface area contributed by atoms with Crippen LogP contribution in [0.5, 0.6) is 0 Å². The molecule has 6 nitrogen and oxygen atoms in total. The van der Waals surface area contributed by atoms with Crippen molar-refractivity contribution in [3.05, 3.63) is 40.5 Å². The van der Waals surface area contributed by atoms with Gasteiger partial charge in [-0.25, -0.2) is 18.1 Å². The van der Waals surface area contributed by atoms with E-state index in [1.807, 2.05) is 4.72 Å². The second-order valence-electron chi connectivity index (χ2n) is 4.52. The smallest absolute Gasteiger partial charge is 0.268 e. The van der Waals surface area contributed by atoms with E-state index in [-0.39, 0.29) is 9.77 Å². The lowest BCUT2D eigenvalue weighted by Gasteiger charge is -2.06. The van der Waals surface area contributed by atoms with E-state index in [1.165, 1.54) is 30.5 Å². The van der Waals surface area contributed by atoms with E-state index in [0.717, 1.165) is 11.3 Å². The van der Waals surface area contributed by atoms with Crippen molar-refractivity contribution in [2.45, 2.75) is 23.0 Å². The summed E-state index contributed by atoms with van der Waals surface area (Å²) >= 11 is 1.01. The number of aryl methyl sites for hydroxylation is 2. The molecule has 118 valence electrons. The van der Waals surface area contributed by atoms with Gasteiger partial charge in [0.2, 0.25) is 0 Å². The maximum Gasteiger partial charge on any atom is 0.275 e. The maximum atomic E-state index is 12.2. The van der Waals surface area contributed by atoms with Gasteiger partial charge in [-0.15, -0.1) is 11.3 Å². The monoisotopic (exact) mass is 358 g/mol. The van der Waals surface area contributed by atoms with E-state index < -0.39 is 26.7 Å². The van der Waals surface area contributed by atoms with Crippen LogP contribution in [0.4, 0.5) is 0 Å². The molecule has 1 N–H and O–H groups in total. The second-order valence-corrected chi connectivity index (χ2v) is 8.98. The Kier molecular flexibility index (Phi) is 4.78. The highest BCUT2D eigenvalue weighted by Gasteiger charge is 2.23. The zero-order chi connectivity index (χ0) is 16.5. The minimum Gasteiger partial charge on any atom is -0.268 e. The highest BCUT2D eigenvalue weighted by Crippen LogP contribution is 2.22. The Hall–Kier alpha value is -1.58. The highest BCUT2D eigenvalue weighted by molar-refractivity contribution is 7.92. The van der Waals surface area contributed by atoms with Crippen molar-refractivity contribution < 1.29 is 17.4 Å². The van der Waals surface area contributed by atoms with Gasteiger partial charge >= 0.3 is 0 Å². The number of thiazole rings is 1. The van der Waals surface area contributed by atoms with E-state index in [1.54, 1.807) is 13.8 Å². The van der Waals surface area contributed by atoms with Gasteiger partial charge in [0.25, 0.3) is 15.9 Å². The van der Waals surface area contributed by atoms with Crippen molar-refractivity contribution in [2.75, 3.05) is 6.26 Å². The van der Waals surface area contributed by atoms with Crippen molar-refractivity contribution >= 4 is 38.1 Å². The standard InChI is InChI=1S/C13H14N2O4S3/c1-8-13(20-9(2)14-8)22(18,19)15-12(16)10-4-6-11(7-5-10)21(3)17/h4-7H,1-3H3,(H,15,16). The third kappa shape index (κ3) is 3.60. The number of hydrogen-bond acceptors (Lipinski definition) is 6. The molecule has 1 amide bonds. The van der Waals surface area contributed by atoms with Crippen LogP contribution in [-0.4, -0.2) is 29.8 Å². The number of hydrogen-bond donors (Lipinski definition) is 1. The Morgan fingerprint density at radius 1 is 1.23 bits per heavy atom. The van der Waals surface area contributed by atoms with Gasteiger partial charge < -0.3 is 0 Å². The highest BCUT2D eigenvalue weighted by atomic mass is 32.2. The van der Waals surface area contributed by atoms with E-state index in [4.69, 9.17) is 0 Å². The van der Waals surface area contributed by atoms with Crippen LogP contribution in [0.2, 0.25) is 0 Å². The predicted molar refractivity (Wildman–Crippen MR) is 85.0 cm³/mol. The molecule has 1 heterocycles. The van der Waals surface area contributed by atoms with Crippen molar-refractivity contribution in [2.24, 2.45) is 0 Å². The average molecular weight is 358 g/mol. The third-order valence-corrected chi connectivity index (χ3v) is 6.73. The van der Waals surface area contributed by atoms with Crippen LogP contribution in [0.3, 0.4) is 0 Å². The molecular formula is C13H14N2O4S3. The minimum absolute atomic E-state index is 0.0321. The topological polar surface area (TPSA) is 93.2 Å². The number of sulfonamides is 1. The number of rotatable bonds is 4. The largest absolute Gasteiger partial charge is 0.275 e. The molecule has 0 fully saturated rings. The average Bonchev–Trinajstić information content (AvgIpc) is 2.78. The molecule has 0 aliphatic carbocycles. The molecule has 1 atom stereocenters. The number of carbonyl (C=O) groups is 1. The van der Waals surface area contributed by atoms with Crippen LogP contribution in [0.25, 0.3) is 0 Å². The molecule has 2 rings (SSSR count). The first-order valence-corrected chi connectivity index (χ1v) is 10.0. The summed E-state index contributed by atoms with van der Waals surface area (Å²) in [7, 11) is -5.10. The van der Waals surface area contributed by atoms with Gasteiger partial charge in [0.05, 0.1) is 10.7 Å². The summed E-state index contributed by atoms with van der Waals surface area (Å²) in [5.74, 6) is -0.737. The van der Waals surface area contributed by atoms with Crippen molar-refractivity contribution in [1.29, 1.82) is 0 Å². The van der Waals surface area contributed by atoms with Crippen LogP contribution in [-0.2, 0) is 20.8 Å². The third-order valence-electron chi connectivity index (χ3n) is 2.78. The minimum atomic E-state index is -3.95. The molecule has 0 aliphatic rings. The first kappa shape index (κ1) is 16.8. The molecule has 1 unspecified atom stereocenters. The van der Waals surface area contributed by atoms with Gasteiger partial charge in [0, 0.05) is 27.5 Å². The molecule has 9 heteroatoms. The van der Waals surface area contributed by atoms with Crippen LogP contribution >= 0.6 is 11.3 Å². The number of aromatic nitrogens is 1. The van der Waals surface area contributed by atoms with Crippen LogP contribution in [0, 0.1) is 13.8 Å². The lowest BCUT2D eigenvalue weighted by atomic mass is 10.2. The van der Waals surface area contributed by atoms with Gasteiger partial charge in [-0.1, -0.05) is 0 Å². The van der Waals surface area contributed by atoms with Crippen LogP contribution < -0.4 is 4.72 Å². The quantitative estimate of drug-likeness (QED) is 0.896. The SMILES string of the molecule is Cc1nc(C)c(S(=O)(=O)NC(=O)c2ccc(S(C)=O)cc2)s1. The van der Waals surface area contributed by atoms with Gasteiger partial charge in [-0.05, 0) is 38.1 Å². The van der Waals surface area contributed by atoms with Gasteiger partial charge in [-0.2, -0.15) is 0 Å². The molecule has 1 aromatic heterocycles. The summed E-state index contributed by atoms with van der Waals surface area (Å²) in [5.41, 5.74) is 0.538. The molecule has 0 bridgehead atoms. The van der Waals surface area contributed by atoms with Gasteiger partial charge in [0.15, 0.2) is 4.21 Å². The molecule has 0 radical (unpaired) electrons. The van der Waals surface area contributed by atoms with Crippen LogP contribution in [0.15, 0.2) is 33.4 Å². The summed E-state index contributed by atoms with van der Waals surface area (Å²) in [6.45, 7) is 3.27. The van der Waals surface area contributed by atoms with Gasteiger partial charge in [-0.3, -0.25) is 9.00 Å². The van der Waals surface area contributed by atoms with Gasteiger partial charge in [0.1, 0.15) is 0 Å². The lowest BCUT2D eigenvalue weighted by molar-refractivity contribution is 0.0981. The number of benzene rings is 1. The summed E-state index contributed by atoms with van der Waals surface area (Å²) in [6.07, 6.45) is 1.52. The summed E-state index contributed by atoms with van der Waals surface area (Å²) < 4.78 is 37.8. The Morgan fingerprint density at radius 2 is 1.82 bits per heavy atom. The summed E-state index contributed by atoms with van der Waals surface area (Å²) in [4.78, 5) is 16.7. The Balaban J connectivity index is 2.24. The maximum absolute atomic E-state index is 12.2. The molecular weight excluding hydrogens is 344 g/mol. The first-order chi connectivity index (χ1) is 10.2. The molecule has 0 saturated carbocycles. The van der Waals surface area contributed by atoms with Crippen LogP contribution in [0.1, 0.15) is 21.1 Å². The van der Waals surface area contributed by atoms with E-state index >= 15 is 0 Å². The number of amides is 1. The normalized spacial score (nSPS) is 12.9. The lowest BCUT2D eigenvalue weighted by Crippen LogP contribution is -2.30. The van der Waals surface area contributed by atoms with Crippen molar-refractivity contribution in [1.82, 2.24) is 9.71 Å². The van der Waals surface area contributed by atoms with Crippen molar-refractivity contribution in [3.8, 4) is 0 Å². The van der Waals surface area contributed by atoms with Crippen molar-refractivity contribution in [3.63, 3.8) is 0 Å². The zero-order valence-electron chi connectivity index (χ0n) is 12.1. The van der Waals surface area contributed by atoms with E-state index in [2.05, 4.69) is 4.98 Å². The molecule has 0 spiro atoms. The molecule has 22 heavy (non-hydrogen) atoms. The fourth-order valence-corrected chi connectivity index (χ4v) is 4.77. The zero-order valence-corrected chi connectivity index (χ0v) is 14.6. The molecule has 0 saturated heterocycles. The fourth-order valence-electron chi connectivity index (χ4n) is 1.79. The Bertz CT molecular complexity index is 839. The Morgan fingerprint density at radius 3 is 2.27 bits per heavy atom. The second kappa shape index (κ2) is 6.27. The number of nitrogens with one attached hydrogen (secondary N) is 1.